The molecule has 3 rings (SSSR count). The van der Waals surface area contributed by atoms with Crippen molar-refractivity contribution in [1.29, 1.82) is 0 Å². The van der Waals surface area contributed by atoms with Crippen LogP contribution in [-0.2, 0) is 21.2 Å². The first-order chi connectivity index (χ1) is 17.0. The molecule has 12 heteroatoms. The van der Waals surface area contributed by atoms with Gasteiger partial charge in [-0.3, -0.25) is 0 Å². The summed E-state index contributed by atoms with van der Waals surface area (Å²) in [5.41, 5.74) is -0.818. The van der Waals surface area contributed by atoms with Gasteiger partial charge in [-0.25, -0.2) is 13.4 Å². The number of morpholine rings is 1. The number of sulfonamides is 1. The van der Waals surface area contributed by atoms with Crippen LogP contribution in [0.25, 0.3) is 0 Å². The third-order valence-corrected chi connectivity index (χ3v) is 7.85. The Hall–Kier alpha value is -1.63. The van der Waals surface area contributed by atoms with Crippen LogP contribution in [0.1, 0.15) is 19.4 Å². The Morgan fingerprint density at radius 2 is 1.92 bits per heavy atom. The number of benzene rings is 2. The lowest BCUT2D eigenvalue weighted by atomic mass is 9.94. The van der Waals surface area contributed by atoms with Crippen LogP contribution >= 0.6 is 23.2 Å². The molecule has 2 unspecified atom stereocenters. The Labute approximate surface area is 222 Å². The van der Waals surface area contributed by atoms with Gasteiger partial charge >= 0.3 is 0 Å². The first-order valence-electron chi connectivity index (χ1n) is 11.5. The molecule has 2 aromatic rings. The van der Waals surface area contributed by atoms with Crippen LogP contribution in [0.5, 0.6) is 11.5 Å². The molecule has 0 aliphatic carbocycles. The van der Waals surface area contributed by atoms with Crippen molar-refractivity contribution >= 4 is 33.2 Å². The predicted octanol–water partition coefficient (Wildman–Crippen LogP) is 2.70. The molecular weight excluding hydrogens is 529 g/mol. The first-order valence-corrected chi connectivity index (χ1v) is 13.8. The summed E-state index contributed by atoms with van der Waals surface area (Å²) in [5.74, 6) is 1.12. The molecule has 1 saturated heterocycles. The zero-order chi connectivity index (χ0) is 26.3. The van der Waals surface area contributed by atoms with Crippen LogP contribution in [-0.4, -0.2) is 74.7 Å². The second-order valence-electron chi connectivity index (χ2n) is 9.11. The summed E-state index contributed by atoms with van der Waals surface area (Å²) in [6, 6.07) is 13.9. The molecule has 3 atom stereocenters. The predicted molar refractivity (Wildman–Crippen MR) is 139 cm³/mol. The van der Waals surface area contributed by atoms with Gasteiger partial charge in [-0.1, -0.05) is 41.4 Å². The number of alkyl halides is 2. The van der Waals surface area contributed by atoms with Crippen LogP contribution in [0, 0.1) is 0 Å². The van der Waals surface area contributed by atoms with Gasteiger partial charge in [-0.2, -0.15) is 0 Å². The fourth-order valence-electron chi connectivity index (χ4n) is 3.60. The minimum absolute atomic E-state index is 0.00489. The SMILES string of the molecule is COc1ccc(CC(C)(C)NC[C@@H](O)COc2cccc(S(=O)(=O)NN3CCOC(Cl)C3Cl)c2)cc1. The van der Waals surface area contributed by atoms with Gasteiger partial charge < -0.3 is 24.6 Å². The highest BCUT2D eigenvalue weighted by atomic mass is 35.5. The number of nitrogens with zero attached hydrogens (tertiary/aromatic N) is 1. The van der Waals surface area contributed by atoms with Gasteiger partial charge in [0.2, 0.25) is 0 Å². The number of methoxy groups -OCH3 is 1. The second kappa shape index (κ2) is 12.7. The van der Waals surface area contributed by atoms with E-state index in [4.69, 9.17) is 37.4 Å². The molecule has 0 bridgehead atoms. The largest absolute Gasteiger partial charge is 0.497 e. The fraction of sp³-hybridized carbons (Fsp3) is 0.500. The molecule has 1 fully saturated rings. The first kappa shape index (κ1) is 28.9. The average Bonchev–Trinajstić information content (AvgIpc) is 2.85. The molecule has 2 aromatic carbocycles. The van der Waals surface area contributed by atoms with E-state index >= 15 is 0 Å². The summed E-state index contributed by atoms with van der Waals surface area (Å²) in [4.78, 5) is 2.43. The van der Waals surface area contributed by atoms with Crippen LogP contribution < -0.4 is 19.6 Å². The minimum atomic E-state index is -3.93. The van der Waals surface area contributed by atoms with Gasteiger partial charge in [-0.15, -0.1) is 4.83 Å². The third-order valence-electron chi connectivity index (χ3n) is 5.54. The van der Waals surface area contributed by atoms with E-state index < -0.39 is 27.2 Å². The highest BCUT2D eigenvalue weighted by molar-refractivity contribution is 7.89. The van der Waals surface area contributed by atoms with Gasteiger partial charge in [0, 0.05) is 24.7 Å². The zero-order valence-electron chi connectivity index (χ0n) is 20.5. The van der Waals surface area contributed by atoms with E-state index in [1.807, 2.05) is 24.3 Å². The summed E-state index contributed by atoms with van der Waals surface area (Å²) < 4.78 is 41.7. The molecule has 36 heavy (non-hydrogen) atoms. The number of halogens is 2. The summed E-state index contributed by atoms with van der Waals surface area (Å²) in [7, 11) is -2.29. The van der Waals surface area contributed by atoms with Gasteiger partial charge in [-0.05, 0) is 50.1 Å². The summed E-state index contributed by atoms with van der Waals surface area (Å²) in [6.45, 7) is 4.89. The van der Waals surface area contributed by atoms with E-state index in [1.54, 1.807) is 19.2 Å². The Morgan fingerprint density at radius 1 is 1.19 bits per heavy atom. The molecule has 1 heterocycles. The Kier molecular flexibility index (Phi) is 10.2. The minimum Gasteiger partial charge on any atom is -0.497 e. The summed E-state index contributed by atoms with van der Waals surface area (Å²) in [6.07, 6.45) is -0.0432. The lowest BCUT2D eigenvalue weighted by Crippen LogP contribution is -2.54. The molecule has 3 N–H and O–H groups in total. The quantitative estimate of drug-likeness (QED) is 0.268. The monoisotopic (exact) mass is 561 g/mol. The van der Waals surface area contributed by atoms with Crippen molar-refractivity contribution in [3.8, 4) is 11.5 Å². The van der Waals surface area contributed by atoms with Gasteiger partial charge in [0.1, 0.15) is 29.7 Å². The average molecular weight is 563 g/mol. The molecule has 0 amide bonds. The van der Waals surface area contributed by atoms with E-state index in [0.717, 1.165) is 17.7 Å². The standard InChI is InChI=1S/C24H33Cl2N3O6S/c1-24(2,14-17-7-9-19(33-3)10-8-17)27-15-18(30)16-35-20-5-4-6-21(13-20)36(31,32)28-29-11-12-34-23(26)22(29)25/h4-10,13,18,22-23,27-28,30H,11-12,14-16H2,1-3H3/t18-,22?,23?/m1/s1. The van der Waals surface area contributed by atoms with Crippen LogP contribution in [0.3, 0.4) is 0 Å². The summed E-state index contributed by atoms with van der Waals surface area (Å²) >= 11 is 12.1. The molecule has 9 nitrogen and oxygen atoms in total. The van der Waals surface area contributed by atoms with Gasteiger partial charge in [0.05, 0.1) is 18.6 Å². The molecule has 0 spiro atoms. The molecular formula is C24H33Cl2N3O6S. The van der Waals surface area contributed by atoms with E-state index in [2.05, 4.69) is 24.0 Å². The van der Waals surface area contributed by atoms with Crippen molar-refractivity contribution in [3.63, 3.8) is 0 Å². The summed E-state index contributed by atoms with van der Waals surface area (Å²) in [5, 5.41) is 15.1. The van der Waals surface area contributed by atoms with E-state index in [9.17, 15) is 13.5 Å². The molecule has 0 saturated carbocycles. The van der Waals surface area contributed by atoms with Gasteiger partial charge in [0.15, 0.2) is 5.56 Å². The van der Waals surface area contributed by atoms with Crippen molar-refractivity contribution in [1.82, 2.24) is 15.2 Å². The number of aliphatic hydroxyl groups is 1. The topological polar surface area (TPSA) is 109 Å². The number of nitrogens with one attached hydrogen (secondary N) is 2. The number of β-amino-alcohol motifs (C(OH)–C–C–N with tert-alkyl or cyclic N) is 1. The number of aliphatic hydroxyl groups excluding tert-OH is 1. The highest BCUT2D eigenvalue weighted by Gasteiger charge is 2.32. The number of rotatable bonds is 12. The fourth-order valence-corrected chi connectivity index (χ4v) is 5.25. The van der Waals surface area contributed by atoms with Crippen LogP contribution in [0.2, 0.25) is 0 Å². The maximum atomic E-state index is 12.8. The Bertz CT molecular complexity index is 1090. The smallest absolute Gasteiger partial charge is 0.253 e. The van der Waals surface area contributed by atoms with Crippen molar-refractivity contribution in [3.05, 3.63) is 54.1 Å². The van der Waals surface area contributed by atoms with E-state index in [0.29, 0.717) is 12.3 Å². The van der Waals surface area contributed by atoms with Crippen molar-refractivity contribution in [2.24, 2.45) is 0 Å². The molecule has 0 radical (unpaired) electrons. The number of hydrazine groups is 1. The van der Waals surface area contributed by atoms with Crippen molar-refractivity contribution in [2.45, 2.75) is 47.9 Å². The zero-order valence-corrected chi connectivity index (χ0v) is 22.8. The molecule has 1 aliphatic heterocycles. The number of ether oxygens (including phenoxy) is 3. The number of hydrogen-bond donors (Lipinski definition) is 3. The van der Waals surface area contributed by atoms with E-state index in [-0.39, 0.29) is 30.2 Å². The number of hydrogen-bond acceptors (Lipinski definition) is 8. The van der Waals surface area contributed by atoms with Gasteiger partial charge in [0.25, 0.3) is 10.0 Å². The molecule has 1 aliphatic rings. The Balaban J connectivity index is 1.50. The van der Waals surface area contributed by atoms with Crippen molar-refractivity contribution in [2.75, 3.05) is 33.4 Å². The molecule has 200 valence electrons. The Morgan fingerprint density at radius 3 is 2.61 bits per heavy atom. The van der Waals surface area contributed by atoms with Crippen LogP contribution in [0.4, 0.5) is 0 Å². The van der Waals surface area contributed by atoms with Crippen molar-refractivity contribution < 1.29 is 27.7 Å². The third kappa shape index (κ3) is 8.46. The second-order valence-corrected chi connectivity index (χ2v) is 11.7. The van der Waals surface area contributed by atoms with E-state index in [1.165, 1.54) is 17.1 Å². The molecule has 0 aromatic heterocycles. The normalized spacial score (nSPS) is 20.2. The highest BCUT2D eigenvalue weighted by Crippen LogP contribution is 2.22. The lowest BCUT2D eigenvalue weighted by Gasteiger charge is -2.34. The van der Waals surface area contributed by atoms with Crippen LogP contribution in [0.15, 0.2) is 53.4 Å². The lowest BCUT2D eigenvalue weighted by molar-refractivity contribution is -0.0118. The maximum absolute atomic E-state index is 12.8. The maximum Gasteiger partial charge on any atom is 0.253 e.